The van der Waals surface area contributed by atoms with Gasteiger partial charge in [0, 0.05) is 38.6 Å². The summed E-state index contributed by atoms with van der Waals surface area (Å²) in [5.41, 5.74) is 1.16. The van der Waals surface area contributed by atoms with Crippen molar-refractivity contribution in [1.82, 2.24) is 19.9 Å². The SMILES string of the molecule is O=C(Cc1cccnc1)N1CCC2(CCN(c3ncc(F)cn3)CC2)C1.O=C(O)C(F)(F)F. The highest BCUT2D eigenvalue weighted by molar-refractivity contribution is 5.79. The van der Waals surface area contributed by atoms with E-state index >= 15 is 0 Å². The number of nitrogens with zero attached hydrogens (tertiary/aromatic N) is 5. The molecule has 0 aliphatic carbocycles. The third kappa shape index (κ3) is 6.59. The van der Waals surface area contributed by atoms with Gasteiger partial charge in [-0.15, -0.1) is 0 Å². The predicted octanol–water partition coefficient (Wildman–Crippen LogP) is 2.71. The molecule has 0 aromatic carbocycles. The van der Waals surface area contributed by atoms with Gasteiger partial charge in [-0.3, -0.25) is 9.78 Å². The van der Waals surface area contributed by atoms with Gasteiger partial charge in [-0.2, -0.15) is 13.2 Å². The van der Waals surface area contributed by atoms with Crippen molar-refractivity contribution in [2.75, 3.05) is 31.1 Å². The lowest BCUT2D eigenvalue weighted by atomic mass is 9.78. The van der Waals surface area contributed by atoms with E-state index in [-0.39, 0.29) is 11.3 Å². The number of pyridine rings is 1. The molecular weight excluding hydrogens is 446 g/mol. The van der Waals surface area contributed by atoms with Crippen molar-refractivity contribution in [1.29, 1.82) is 0 Å². The molecule has 0 atom stereocenters. The fourth-order valence-electron chi connectivity index (χ4n) is 4.00. The minimum Gasteiger partial charge on any atom is -0.475 e. The van der Waals surface area contributed by atoms with Crippen molar-refractivity contribution in [3.05, 3.63) is 48.3 Å². The number of hydrogen-bond acceptors (Lipinski definition) is 6. The number of carboxylic acid groups (broad SMARTS) is 1. The average molecular weight is 469 g/mol. The molecule has 1 N–H and O–H groups in total. The lowest BCUT2D eigenvalue weighted by molar-refractivity contribution is -0.192. The van der Waals surface area contributed by atoms with Crippen molar-refractivity contribution in [3.63, 3.8) is 0 Å². The summed E-state index contributed by atoms with van der Waals surface area (Å²) in [7, 11) is 0. The maximum atomic E-state index is 13.0. The summed E-state index contributed by atoms with van der Waals surface area (Å²) in [4.78, 5) is 37.8. The van der Waals surface area contributed by atoms with Crippen LogP contribution in [0.3, 0.4) is 0 Å². The lowest BCUT2D eigenvalue weighted by Crippen LogP contribution is -2.43. The van der Waals surface area contributed by atoms with Gasteiger partial charge >= 0.3 is 12.1 Å². The number of aliphatic carboxylic acids is 1. The standard InChI is InChI=1S/C19H22FN5O.C2HF3O2/c20-16-12-22-18(23-13-16)24-7-3-19(4-8-24)5-9-25(14-19)17(26)10-15-2-1-6-21-11-15;3-2(4,5)1(6)7/h1-2,6,11-13H,3-5,7-10,14H2;(H,6,7). The number of carbonyl (C=O) groups is 2. The molecule has 2 aromatic rings. The van der Waals surface area contributed by atoms with Crippen LogP contribution in [0.5, 0.6) is 0 Å². The Morgan fingerprint density at radius 1 is 1.06 bits per heavy atom. The average Bonchev–Trinajstić information content (AvgIpc) is 3.19. The zero-order valence-corrected chi connectivity index (χ0v) is 17.6. The molecule has 0 radical (unpaired) electrons. The monoisotopic (exact) mass is 469 g/mol. The smallest absolute Gasteiger partial charge is 0.475 e. The number of carboxylic acids is 1. The third-order valence-electron chi connectivity index (χ3n) is 5.83. The first kappa shape index (κ1) is 24.3. The highest BCUT2D eigenvalue weighted by Crippen LogP contribution is 2.41. The number of carbonyl (C=O) groups excluding carboxylic acids is 1. The van der Waals surface area contributed by atoms with Crippen LogP contribution < -0.4 is 4.90 Å². The van der Waals surface area contributed by atoms with Crippen LogP contribution in [-0.2, 0) is 16.0 Å². The van der Waals surface area contributed by atoms with Gasteiger partial charge in [0.1, 0.15) is 0 Å². The summed E-state index contributed by atoms with van der Waals surface area (Å²) in [6.07, 6.45) is 4.28. The molecule has 0 unspecified atom stereocenters. The molecular formula is C21H23F4N5O3. The maximum absolute atomic E-state index is 13.0. The van der Waals surface area contributed by atoms with E-state index in [0.717, 1.165) is 51.0 Å². The summed E-state index contributed by atoms with van der Waals surface area (Å²) >= 11 is 0. The van der Waals surface area contributed by atoms with Crippen LogP contribution in [0.1, 0.15) is 24.8 Å². The molecule has 0 saturated carbocycles. The van der Waals surface area contributed by atoms with Crippen LogP contribution in [0, 0.1) is 11.2 Å². The zero-order valence-electron chi connectivity index (χ0n) is 17.6. The Morgan fingerprint density at radius 3 is 2.21 bits per heavy atom. The van der Waals surface area contributed by atoms with Gasteiger partial charge in [0.2, 0.25) is 11.9 Å². The Kier molecular flexibility index (Phi) is 7.44. The summed E-state index contributed by atoms with van der Waals surface area (Å²) in [5, 5.41) is 7.12. The molecule has 33 heavy (non-hydrogen) atoms. The second kappa shape index (κ2) is 10.1. The number of amides is 1. The second-order valence-electron chi connectivity index (χ2n) is 8.09. The van der Waals surface area contributed by atoms with E-state index in [1.165, 1.54) is 12.4 Å². The summed E-state index contributed by atoms with van der Waals surface area (Å²) in [6.45, 7) is 3.34. The van der Waals surface area contributed by atoms with E-state index in [4.69, 9.17) is 9.90 Å². The quantitative estimate of drug-likeness (QED) is 0.690. The second-order valence-corrected chi connectivity index (χ2v) is 8.09. The topological polar surface area (TPSA) is 99.5 Å². The van der Waals surface area contributed by atoms with Crippen LogP contribution in [0.15, 0.2) is 36.9 Å². The van der Waals surface area contributed by atoms with Crippen molar-refractivity contribution >= 4 is 17.8 Å². The number of halogens is 4. The summed E-state index contributed by atoms with van der Waals surface area (Å²) < 4.78 is 44.7. The van der Waals surface area contributed by atoms with E-state index in [1.807, 2.05) is 17.0 Å². The van der Waals surface area contributed by atoms with Gasteiger partial charge in [0.05, 0.1) is 18.8 Å². The highest BCUT2D eigenvalue weighted by atomic mass is 19.4. The first-order valence-corrected chi connectivity index (χ1v) is 10.3. The molecule has 0 bridgehead atoms. The molecule has 178 valence electrons. The van der Waals surface area contributed by atoms with E-state index in [9.17, 15) is 22.4 Å². The molecule has 4 heterocycles. The Hall–Kier alpha value is -3.31. The molecule has 2 saturated heterocycles. The van der Waals surface area contributed by atoms with Crippen LogP contribution in [0.2, 0.25) is 0 Å². The maximum Gasteiger partial charge on any atom is 0.490 e. The minimum absolute atomic E-state index is 0.180. The fourth-order valence-corrected chi connectivity index (χ4v) is 4.00. The van der Waals surface area contributed by atoms with Crippen molar-refractivity contribution in [3.8, 4) is 0 Å². The van der Waals surface area contributed by atoms with E-state index in [0.29, 0.717) is 12.4 Å². The number of anilines is 1. The largest absolute Gasteiger partial charge is 0.490 e. The van der Waals surface area contributed by atoms with Crippen LogP contribution in [0.25, 0.3) is 0 Å². The summed E-state index contributed by atoms with van der Waals surface area (Å²) in [6, 6.07) is 3.80. The number of hydrogen-bond donors (Lipinski definition) is 1. The Bertz CT molecular complexity index is 949. The van der Waals surface area contributed by atoms with Gasteiger partial charge in [0.25, 0.3) is 0 Å². The number of alkyl halides is 3. The van der Waals surface area contributed by atoms with Crippen molar-refractivity contribution < 1.29 is 32.3 Å². The third-order valence-corrected chi connectivity index (χ3v) is 5.83. The molecule has 2 fully saturated rings. The number of likely N-dealkylation sites (tertiary alicyclic amines) is 1. The molecule has 2 aliphatic heterocycles. The molecule has 4 rings (SSSR count). The fraction of sp³-hybridized carbons (Fsp3) is 0.476. The molecule has 1 amide bonds. The minimum atomic E-state index is -5.08. The van der Waals surface area contributed by atoms with Crippen molar-refractivity contribution in [2.24, 2.45) is 5.41 Å². The predicted molar refractivity (Wildman–Crippen MR) is 109 cm³/mol. The Labute approximate surface area is 187 Å². The van der Waals surface area contributed by atoms with Crippen LogP contribution >= 0.6 is 0 Å². The summed E-state index contributed by atoms with van der Waals surface area (Å²) in [5.74, 6) is -2.41. The molecule has 1 spiro atoms. The molecule has 2 aromatic heterocycles. The zero-order chi connectivity index (χ0) is 24.1. The van der Waals surface area contributed by atoms with Gasteiger partial charge in [-0.05, 0) is 36.3 Å². The van der Waals surface area contributed by atoms with Gasteiger partial charge in [0.15, 0.2) is 5.82 Å². The van der Waals surface area contributed by atoms with Crippen molar-refractivity contribution in [2.45, 2.75) is 31.9 Å². The molecule has 12 heteroatoms. The number of rotatable bonds is 3. The first-order valence-electron chi connectivity index (χ1n) is 10.3. The van der Waals surface area contributed by atoms with E-state index in [1.54, 1.807) is 12.4 Å². The number of piperidine rings is 1. The van der Waals surface area contributed by atoms with Crippen LogP contribution in [-0.4, -0.2) is 69.2 Å². The highest BCUT2D eigenvalue weighted by Gasteiger charge is 2.42. The Balaban J connectivity index is 0.000000383. The van der Waals surface area contributed by atoms with E-state index < -0.39 is 18.0 Å². The molecule has 8 nitrogen and oxygen atoms in total. The molecule has 2 aliphatic rings. The first-order chi connectivity index (χ1) is 15.6. The van der Waals surface area contributed by atoms with Gasteiger partial charge in [-0.1, -0.05) is 6.07 Å². The van der Waals surface area contributed by atoms with E-state index in [2.05, 4.69) is 19.9 Å². The van der Waals surface area contributed by atoms with Gasteiger partial charge in [-0.25, -0.2) is 19.2 Å². The van der Waals surface area contributed by atoms with Gasteiger partial charge < -0.3 is 14.9 Å². The normalized spacial score (nSPS) is 17.5. The number of aromatic nitrogens is 3. The van der Waals surface area contributed by atoms with Crippen LogP contribution in [0.4, 0.5) is 23.5 Å². The lowest BCUT2D eigenvalue weighted by Gasteiger charge is -2.39. The Morgan fingerprint density at radius 2 is 1.67 bits per heavy atom.